The van der Waals surface area contributed by atoms with Crippen LogP contribution in [0.4, 0.5) is 5.69 Å². The lowest BCUT2D eigenvalue weighted by atomic mass is 9.95. The number of hydrogen-bond acceptors (Lipinski definition) is 5. The molecule has 0 saturated carbocycles. The van der Waals surface area contributed by atoms with E-state index < -0.39 is 0 Å². The van der Waals surface area contributed by atoms with Gasteiger partial charge in [-0.1, -0.05) is 41.0 Å². The number of rotatable bonds is 5. The molecule has 2 heterocycles. The fourth-order valence-corrected chi connectivity index (χ4v) is 4.03. The summed E-state index contributed by atoms with van der Waals surface area (Å²) in [6.45, 7) is 6.22. The Morgan fingerprint density at radius 3 is 2.67 bits per heavy atom. The molecule has 30 heavy (non-hydrogen) atoms. The highest BCUT2D eigenvalue weighted by Gasteiger charge is 2.26. The summed E-state index contributed by atoms with van der Waals surface area (Å²) in [5, 5.41) is 7.84. The average molecular weight is 425 g/mol. The third kappa shape index (κ3) is 4.71. The van der Waals surface area contributed by atoms with Crippen LogP contribution in [0, 0.1) is 19.8 Å². The molecule has 7 heteroatoms. The van der Waals surface area contributed by atoms with Crippen LogP contribution < -0.4 is 5.32 Å². The standard InChI is InChI=1S/C23H25ClN4O2/c1-15-5-3-4-6-19(15)22-26-21(30-27-22)14-28-11-9-17(10-12-28)23(29)25-20-8-7-18(24)13-16(20)2/h3-8,13,17H,9-12,14H2,1-2H3,(H,25,29). The first kappa shape index (κ1) is 20.6. The minimum atomic E-state index is 0.00143. The molecule has 1 amide bonds. The lowest BCUT2D eigenvalue weighted by molar-refractivity contribution is -0.121. The third-order valence-electron chi connectivity index (χ3n) is 5.62. The van der Waals surface area contributed by atoms with Crippen molar-refractivity contribution in [2.24, 2.45) is 5.92 Å². The lowest BCUT2D eigenvalue weighted by Crippen LogP contribution is -2.37. The Kier molecular flexibility index (Phi) is 6.16. The number of amides is 1. The summed E-state index contributed by atoms with van der Waals surface area (Å²) in [4.78, 5) is 19.5. The average Bonchev–Trinajstić information content (AvgIpc) is 3.19. The van der Waals surface area contributed by atoms with E-state index in [1.165, 1.54) is 0 Å². The second kappa shape index (κ2) is 8.98. The van der Waals surface area contributed by atoms with Crippen LogP contribution in [0.2, 0.25) is 5.02 Å². The van der Waals surface area contributed by atoms with Crippen LogP contribution in [0.1, 0.15) is 29.9 Å². The molecule has 0 radical (unpaired) electrons. The number of piperidine rings is 1. The molecule has 4 rings (SSSR count). The normalized spacial score (nSPS) is 15.3. The predicted molar refractivity (Wildman–Crippen MR) is 117 cm³/mol. The molecule has 1 saturated heterocycles. The molecule has 3 aromatic rings. The lowest BCUT2D eigenvalue weighted by Gasteiger charge is -2.30. The van der Waals surface area contributed by atoms with Crippen molar-refractivity contribution in [1.82, 2.24) is 15.0 Å². The first-order chi connectivity index (χ1) is 14.5. The maximum Gasteiger partial charge on any atom is 0.241 e. The van der Waals surface area contributed by atoms with Crippen LogP contribution in [-0.4, -0.2) is 34.0 Å². The highest BCUT2D eigenvalue weighted by molar-refractivity contribution is 6.30. The van der Waals surface area contributed by atoms with Gasteiger partial charge in [0.25, 0.3) is 0 Å². The van der Waals surface area contributed by atoms with Gasteiger partial charge in [0.15, 0.2) is 0 Å². The summed E-state index contributed by atoms with van der Waals surface area (Å²) in [7, 11) is 0. The van der Waals surface area contributed by atoms with Gasteiger partial charge in [0.2, 0.25) is 17.6 Å². The molecule has 1 aliphatic heterocycles. The van der Waals surface area contributed by atoms with E-state index in [4.69, 9.17) is 16.1 Å². The number of carbonyl (C=O) groups excluding carboxylic acids is 1. The highest BCUT2D eigenvalue weighted by atomic mass is 35.5. The maximum atomic E-state index is 12.7. The van der Waals surface area contributed by atoms with Crippen molar-refractivity contribution >= 4 is 23.2 Å². The SMILES string of the molecule is Cc1cc(Cl)ccc1NC(=O)C1CCN(Cc2nc(-c3ccccc3C)no2)CC1. The van der Waals surface area contributed by atoms with E-state index in [1.54, 1.807) is 6.07 Å². The zero-order valence-corrected chi connectivity index (χ0v) is 17.9. The smallest absolute Gasteiger partial charge is 0.241 e. The molecule has 0 unspecified atom stereocenters. The number of nitrogens with zero attached hydrogens (tertiary/aromatic N) is 3. The van der Waals surface area contributed by atoms with Crippen LogP contribution in [0.3, 0.4) is 0 Å². The topological polar surface area (TPSA) is 71.3 Å². The zero-order chi connectivity index (χ0) is 21.1. The summed E-state index contributed by atoms with van der Waals surface area (Å²) in [6.07, 6.45) is 1.61. The van der Waals surface area contributed by atoms with E-state index in [9.17, 15) is 4.79 Å². The Morgan fingerprint density at radius 1 is 1.17 bits per heavy atom. The van der Waals surface area contributed by atoms with Crippen molar-refractivity contribution in [3.05, 3.63) is 64.5 Å². The molecule has 1 aliphatic rings. The number of carbonyl (C=O) groups is 1. The van der Waals surface area contributed by atoms with Crippen LogP contribution >= 0.6 is 11.6 Å². The fraction of sp³-hybridized carbons (Fsp3) is 0.348. The largest absolute Gasteiger partial charge is 0.338 e. The first-order valence-electron chi connectivity index (χ1n) is 10.2. The second-order valence-corrected chi connectivity index (χ2v) is 8.26. The molecule has 0 spiro atoms. The molecule has 1 aromatic heterocycles. The summed E-state index contributed by atoms with van der Waals surface area (Å²) < 4.78 is 5.46. The Balaban J connectivity index is 1.31. The Hall–Kier alpha value is -2.70. The van der Waals surface area contributed by atoms with Gasteiger partial charge in [0.05, 0.1) is 6.54 Å². The molecule has 1 N–H and O–H groups in total. The van der Waals surface area contributed by atoms with Gasteiger partial charge in [-0.2, -0.15) is 4.98 Å². The van der Waals surface area contributed by atoms with Crippen molar-refractivity contribution in [2.75, 3.05) is 18.4 Å². The van der Waals surface area contributed by atoms with E-state index in [1.807, 2.05) is 50.2 Å². The maximum absolute atomic E-state index is 12.7. The van der Waals surface area contributed by atoms with Gasteiger partial charge in [-0.3, -0.25) is 9.69 Å². The number of nitrogens with one attached hydrogen (secondary N) is 1. The van der Waals surface area contributed by atoms with Crippen molar-refractivity contribution in [3.63, 3.8) is 0 Å². The minimum absolute atomic E-state index is 0.00143. The number of likely N-dealkylation sites (tertiary alicyclic amines) is 1. The van der Waals surface area contributed by atoms with Gasteiger partial charge in [-0.25, -0.2) is 0 Å². The van der Waals surface area contributed by atoms with E-state index in [-0.39, 0.29) is 11.8 Å². The van der Waals surface area contributed by atoms with Gasteiger partial charge >= 0.3 is 0 Å². The summed E-state index contributed by atoms with van der Waals surface area (Å²) in [6, 6.07) is 13.5. The van der Waals surface area contributed by atoms with Gasteiger partial charge in [0.1, 0.15) is 0 Å². The molecular formula is C23H25ClN4O2. The van der Waals surface area contributed by atoms with Crippen LogP contribution in [0.15, 0.2) is 47.0 Å². The van der Waals surface area contributed by atoms with Gasteiger partial charge in [0, 0.05) is 22.2 Å². The van der Waals surface area contributed by atoms with Crippen molar-refractivity contribution in [1.29, 1.82) is 0 Å². The van der Waals surface area contributed by atoms with Crippen LogP contribution in [-0.2, 0) is 11.3 Å². The zero-order valence-electron chi connectivity index (χ0n) is 17.2. The quantitative estimate of drug-likeness (QED) is 0.633. The van der Waals surface area contributed by atoms with Crippen LogP contribution in [0.5, 0.6) is 0 Å². The molecule has 156 valence electrons. The first-order valence-corrected chi connectivity index (χ1v) is 10.6. The number of aryl methyl sites for hydroxylation is 2. The van der Waals surface area contributed by atoms with Crippen molar-refractivity contribution in [2.45, 2.75) is 33.2 Å². The number of anilines is 1. The van der Waals surface area contributed by atoms with Gasteiger partial charge < -0.3 is 9.84 Å². The molecule has 0 bridgehead atoms. The molecular weight excluding hydrogens is 400 g/mol. The number of halogens is 1. The summed E-state index contributed by atoms with van der Waals surface area (Å²) in [5.41, 5.74) is 3.89. The second-order valence-electron chi connectivity index (χ2n) is 7.83. The van der Waals surface area contributed by atoms with Crippen molar-refractivity contribution in [3.8, 4) is 11.4 Å². The molecule has 6 nitrogen and oxygen atoms in total. The van der Waals surface area contributed by atoms with E-state index in [2.05, 4.69) is 20.4 Å². The number of benzene rings is 2. The minimum Gasteiger partial charge on any atom is -0.338 e. The third-order valence-corrected chi connectivity index (χ3v) is 5.85. The Labute approximate surface area is 181 Å². The Bertz CT molecular complexity index is 1040. The molecule has 0 aliphatic carbocycles. The highest BCUT2D eigenvalue weighted by Crippen LogP contribution is 2.25. The molecule has 0 atom stereocenters. The molecule has 2 aromatic carbocycles. The number of aromatic nitrogens is 2. The summed E-state index contributed by atoms with van der Waals surface area (Å²) >= 11 is 5.99. The Morgan fingerprint density at radius 2 is 1.93 bits per heavy atom. The van der Waals surface area contributed by atoms with Gasteiger partial charge in [-0.15, -0.1) is 0 Å². The van der Waals surface area contributed by atoms with Crippen molar-refractivity contribution < 1.29 is 9.32 Å². The monoisotopic (exact) mass is 424 g/mol. The van der Waals surface area contributed by atoms with E-state index in [0.717, 1.165) is 48.3 Å². The van der Waals surface area contributed by atoms with E-state index in [0.29, 0.717) is 23.3 Å². The van der Waals surface area contributed by atoms with E-state index >= 15 is 0 Å². The van der Waals surface area contributed by atoms with Crippen LogP contribution in [0.25, 0.3) is 11.4 Å². The van der Waals surface area contributed by atoms with Gasteiger partial charge in [-0.05, 0) is 69.1 Å². The predicted octanol–water partition coefficient (Wildman–Crippen LogP) is 4.86. The summed E-state index contributed by atoms with van der Waals surface area (Å²) in [5.74, 6) is 1.30. The molecule has 1 fully saturated rings. The number of hydrogen-bond donors (Lipinski definition) is 1. The fourth-order valence-electron chi connectivity index (χ4n) is 3.80.